The molecule has 26 heteroatoms. The summed E-state index contributed by atoms with van der Waals surface area (Å²) in [6.45, 7) is 4.13. The molecule has 0 unspecified atom stereocenters. The second kappa shape index (κ2) is 27.8. The van der Waals surface area contributed by atoms with Crippen LogP contribution < -0.4 is 0 Å². The molecular formula is C31H36AgCl13O11S. The molecule has 1 aliphatic heterocycles. The number of cyclic esters (lactones) is 1. The molecule has 0 aliphatic carbocycles. The number of ether oxygens (including phenoxy) is 5. The van der Waals surface area contributed by atoms with E-state index in [1.807, 2.05) is 6.92 Å². The van der Waals surface area contributed by atoms with E-state index in [1.165, 1.54) is 19.1 Å². The van der Waals surface area contributed by atoms with Gasteiger partial charge < -0.3 is 33.0 Å². The molecule has 1 aromatic rings. The summed E-state index contributed by atoms with van der Waals surface area (Å²) in [5.41, 5.74) is 2.49. The van der Waals surface area contributed by atoms with E-state index in [2.05, 4.69) is 29.2 Å². The standard InChI is InChI=1S/C19H22Cl6O7S.C12H14Cl6O4.Ag.ClH/c1-12-3-6-15(7-4-12)33(28,29)32-13(2)14(9-16(26)27)5-8-17(30-10-18(20,21)22)31-11-19(23,24)25;1-7-4-20-10(19)8(7)2-3-9(21-5-11(13,14)15)22-6-12(16,17)18;;/h3-4,6-7,17H,5,8-11H2,1-2H3,(H,26,27);9H,2-6H2,1H3;;1H/q;;+1;/p-1/b14-13-;;;. The number of hydrogen-bond acceptors (Lipinski definition) is 10. The zero-order valence-electron chi connectivity index (χ0n) is 29.7. The molecule has 334 valence electrons. The Morgan fingerprint density at radius 1 is 0.772 bits per heavy atom. The average molecular weight is 1190 g/mol. The van der Waals surface area contributed by atoms with Crippen molar-refractivity contribution in [3.8, 4) is 0 Å². The summed E-state index contributed by atoms with van der Waals surface area (Å²) >= 11 is 70.3. The van der Waals surface area contributed by atoms with Gasteiger partial charge in [0.2, 0.25) is 15.2 Å². The SMILES string of the molecule is C/C(OS(=O)(=O)c1ccc(C)cc1)=C(\CCC(OCC(Cl)(Cl)Cl)OCC(Cl)(Cl)Cl)CC(=O)O.CC1=C(CCC(OCC(Cl)(Cl)Cl)OCC(Cl)(Cl)Cl)C(=O)OC1.[Cl][Ag]. The fourth-order valence-electron chi connectivity index (χ4n) is 4.12. The number of esters is 1. The molecule has 11 nitrogen and oxygen atoms in total. The molecule has 57 heavy (non-hydrogen) atoms. The fourth-order valence-corrected chi connectivity index (χ4v) is 5.89. The number of allylic oxidation sites excluding steroid dienone is 1. The zero-order valence-corrected chi connectivity index (χ0v) is 41.8. The molecule has 0 saturated carbocycles. The molecule has 1 aromatic carbocycles. The van der Waals surface area contributed by atoms with E-state index in [0.717, 1.165) is 11.1 Å². The third-order valence-corrected chi connectivity index (χ3v) is 9.26. The summed E-state index contributed by atoms with van der Waals surface area (Å²) in [5, 5.41) is 9.26. The number of benzene rings is 1. The predicted octanol–water partition coefficient (Wildman–Crippen LogP) is 11.8. The first-order chi connectivity index (χ1) is 26.0. The van der Waals surface area contributed by atoms with Gasteiger partial charge in [-0.25, -0.2) is 4.79 Å². The number of carboxylic acids is 1. The van der Waals surface area contributed by atoms with Crippen molar-refractivity contribution in [2.24, 2.45) is 0 Å². The first-order valence-electron chi connectivity index (χ1n) is 15.6. The van der Waals surface area contributed by atoms with Gasteiger partial charge in [0.25, 0.3) is 0 Å². The van der Waals surface area contributed by atoms with Crippen LogP contribution in [0.4, 0.5) is 0 Å². The Balaban J connectivity index is 0.00000113. The molecule has 2 rings (SSSR count). The van der Waals surface area contributed by atoms with Crippen molar-refractivity contribution in [2.45, 2.75) is 85.5 Å². The molecule has 0 atom stereocenters. The number of aryl methyl sites for hydroxylation is 1. The van der Waals surface area contributed by atoms with E-state index >= 15 is 0 Å². The fraction of sp³-hybridized carbons (Fsp3) is 0.613. The number of carboxylic acid groups (broad SMARTS) is 1. The Bertz CT molecular complexity index is 1540. The summed E-state index contributed by atoms with van der Waals surface area (Å²) in [5.74, 6) is -1.64. The molecule has 1 aliphatic rings. The second-order valence-electron chi connectivity index (χ2n) is 11.6. The van der Waals surface area contributed by atoms with E-state index < -0.39 is 50.3 Å². The van der Waals surface area contributed by atoms with E-state index in [1.54, 1.807) is 19.1 Å². The van der Waals surface area contributed by atoms with Crippen LogP contribution in [0.5, 0.6) is 0 Å². The van der Waals surface area contributed by atoms with Crippen molar-refractivity contribution in [1.82, 2.24) is 0 Å². The number of carbonyl (C=O) groups excluding carboxylic acids is 1. The number of carbonyl (C=O) groups is 2. The van der Waals surface area contributed by atoms with Crippen molar-refractivity contribution in [1.29, 1.82) is 0 Å². The van der Waals surface area contributed by atoms with Gasteiger partial charge in [-0.2, -0.15) is 8.42 Å². The average Bonchev–Trinajstić information content (AvgIpc) is 3.38. The summed E-state index contributed by atoms with van der Waals surface area (Å²) in [4.78, 5) is 22.8. The summed E-state index contributed by atoms with van der Waals surface area (Å²) in [6.07, 6.45) is -1.60. The summed E-state index contributed by atoms with van der Waals surface area (Å²) in [7, 11) is 0.276. The van der Waals surface area contributed by atoms with Gasteiger partial charge in [-0.05, 0) is 56.9 Å². The van der Waals surface area contributed by atoms with Crippen LogP contribution in [-0.4, -0.2) is 86.2 Å². The minimum absolute atomic E-state index is 0.00589. The van der Waals surface area contributed by atoms with Crippen LogP contribution in [0, 0.1) is 6.92 Å². The monoisotopic (exact) mass is 1180 g/mol. The van der Waals surface area contributed by atoms with Gasteiger partial charge in [-0.3, -0.25) is 4.79 Å². The van der Waals surface area contributed by atoms with Crippen LogP contribution in [0.3, 0.4) is 0 Å². The van der Waals surface area contributed by atoms with Crippen LogP contribution in [0.1, 0.15) is 51.5 Å². The molecule has 0 spiro atoms. The van der Waals surface area contributed by atoms with Crippen LogP contribution in [0.25, 0.3) is 0 Å². The Morgan fingerprint density at radius 2 is 1.18 bits per heavy atom. The Labute approximate surface area is 408 Å². The molecular weight excluding hydrogens is 1150 g/mol. The maximum absolute atomic E-state index is 12.6. The van der Waals surface area contributed by atoms with Gasteiger partial charge in [-0.1, -0.05) is 157 Å². The Hall–Kier alpha value is 1.74. The van der Waals surface area contributed by atoms with Gasteiger partial charge in [0.05, 0.1) is 32.8 Å². The van der Waals surface area contributed by atoms with Gasteiger partial charge in [-0.15, -0.1) is 0 Å². The van der Waals surface area contributed by atoms with Crippen LogP contribution >= 0.6 is 148 Å². The van der Waals surface area contributed by atoms with Crippen molar-refractivity contribution >= 4 is 170 Å². The van der Waals surface area contributed by atoms with Gasteiger partial charge >= 0.3 is 51.2 Å². The topological polar surface area (TPSA) is 144 Å². The first kappa shape index (κ1) is 58.7. The zero-order chi connectivity index (χ0) is 44.4. The third-order valence-electron chi connectivity index (χ3n) is 6.63. The molecule has 0 bridgehead atoms. The number of hydrogen-bond donors (Lipinski definition) is 1. The quantitative estimate of drug-likeness (QED) is 0.0353. The van der Waals surface area contributed by atoms with Crippen LogP contribution in [-0.2, 0) is 67.6 Å². The maximum atomic E-state index is 12.6. The molecule has 0 amide bonds. The van der Waals surface area contributed by atoms with Crippen LogP contribution in [0.2, 0.25) is 0 Å². The summed E-state index contributed by atoms with van der Waals surface area (Å²) < 4.78 is 50.1. The van der Waals surface area contributed by atoms with Gasteiger partial charge in [0.15, 0.2) is 12.6 Å². The molecule has 0 saturated heterocycles. The van der Waals surface area contributed by atoms with E-state index in [-0.39, 0.29) is 61.5 Å². The normalized spacial score (nSPS) is 14.5. The molecule has 0 aromatic heterocycles. The van der Waals surface area contributed by atoms with Gasteiger partial charge in [0, 0.05) is 18.4 Å². The number of rotatable bonds is 19. The van der Waals surface area contributed by atoms with Crippen molar-refractivity contribution in [2.75, 3.05) is 33.0 Å². The molecule has 0 fully saturated rings. The van der Waals surface area contributed by atoms with Crippen molar-refractivity contribution < 1.29 is 71.0 Å². The van der Waals surface area contributed by atoms with E-state index in [9.17, 15) is 23.1 Å². The Morgan fingerprint density at radius 3 is 1.53 bits per heavy atom. The van der Waals surface area contributed by atoms with Crippen LogP contribution in [0.15, 0.2) is 51.6 Å². The number of halogens is 13. The molecule has 1 heterocycles. The Kier molecular flexibility index (Phi) is 28.7. The summed E-state index contributed by atoms with van der Waals surface area (Å²) in [6, 6.07) is 6.00. The predicted molar refractivity (Wildman–Crippen MR) is 225 cm³/mol. The molecule has 0 radical (unpaired) electrons. The molecule has 1 N–H and O–H groups in total. The second-order valence-corrected chi connectivity index (χ2v) is 23.2. The number of alkyl halides is 12. The van der Waals surface area contributed by atoms with Crippen molar-refractivity contribution in [3.05, 3.63) is 52.3 Å². The third kappa shape index (κ3) is 29.7. The first-order valence-corrected chi connectivity index (χ1v) is 23.4. The van der Waals surface area contributed by atoms with E-state index in [0.29, 0.717) is 25.0 Å². The van der Waals surface area contributed by atoms with E-state index in [4.69, 9.17) is 167 Å². The number of aliphatic carboxylic acids is 1. The van der Waals surface area contributed by atoms with Gasteiger partial charge in [0.1, 0.15) is 17.3 Å². The minimum atomic E-state index is -4.17. The van der Waals surface area contributed by atoms with Crippen molar-refractivity contribution in [3.63, 3.8) is 0 Å².